The summed E-state index contributed by atoms with van der Waals surface area (Å²) in [7, 11) is -2.24. The molecule has 0 radical (unpaired) electrons. The second kappa shape index (κ2) is 12.3. The molecule has 2 heterocycles. The third-order valence-electron chi connectivity index (χ3n) is 8.70. The fourth-order valence-electron chi connectivity index (χ4n) is 6.24. The second-order valence-corrected chi connectivity index (χ2v) is 13.3. The van der Waals surface area contributed by atoms with Crippen LogP contribution in [0.3, 0.4) is 0 Å². The predicted molar refractivity (Wildman–Crippen MR) is 150 cm³/mol. The van der Waals surface area contributed by atoms with E-state index in [0.717, 1.165) is 18.6 Å². The molecule has 3 atom stereocenters. The van der Waals surface area contributed by atoms with Crippen LogP contribution in [0.15, 0.2) is 35.2 Å². The number of hydrogen-bond acceptors (Lipinski definition) is 6. The molecule has 2 fully saturated rings. The molecule has 1 aliphatic carbocycles. The van der Waals surface area contributed by atoms with Gasteiger partial charge in [-0.05, 0) is 74.2 Å². The van der Waals surface area contributed by atoms with Crippen LogP contribution < -0.4 is 11.1 Å². The Morgan fingerprint density at radius 2 is 1.71 bits per heavy atom. The summed E-state index contributed by atoms with van der Waals surface area (Å²) in [4.78, 5) is 29.3. The molecule has 2 amide bonds. The molecule has 2 aromatic carbocycles. The van der Waals surface area contributed by atoms with Crippen molar-refractivity contribution in [3.8, 4) is 0 Å². The molecule has 3 aliphatic rings. The molecule has 42 heavy (non-hydrogen) atoms. The molecule has 0 spiro atoms. The molecule has 2 aliphatic heterocycles. The number of nitrogens with two attached hydrogens (primary N) is 1. The van der Waals surface area contributed by atoms with Gasteiger partial charge in [-0.15, -0.1) is 0 Å². The number of likely N-dealkylation sites (tertiary alicyclic amines) is 1. The van der Waals surface area contributed by atoms with Gasteiger partial charge >= 0.3 is 0 Å². The topological polar surface area (TPSA) is 116 Å². The van der Waals surface area contributed by atoms with Gasteiger partial charge in [-0.1, -0.05) is 0 Å². The van der Waals surface area contributed by atoms with E-state index in [4.69, 9.17) is 5.73 Å². The zero-order chi connectivity index (χ0) is 30.2. The summed E-state index contributed by atoms with van der Waals surface area (Å²) in [6.07, 6.45) is 2.60. The number of benzene rings is 2. The van der Waals surface area contributed by atoms with Crippen LogP contribution >= 0.6 is 0 Å². The number of nitrogens with zero attached hydrogens (tertiary/aromatic N) is 3. The summed E-state index contributed by atoms with van der Waals surface area (Å²) in [6.45, 7) is 2.13. The zero-order valence-corrected chi connectivity index (χ0v) is 24.3. The number of amides is 2. The van der Waals surface area contributed by atoms with Gasteiger partial charge in [0.15, 0.2) is 11.6 Å². The van der Waals surface area contributed by atoms with E-state index in [1.54, 1.807) is 4.90 Å². The average molecular weight is 608 g/mol. The first-order valence-electron chi connectivity index (χ1n) is 14.2. The Kier molecular flexibility index (Phi) is 8.93. The van der Waals surface area contributed by atoms with Crippen LogP contribution in [-0.4, -0.2) is 92.7 Å². The minimum absolute atomic E-state index is 0.00515. The molecular weight excluding hydrogens is 571 g/mol. The highest BCUT2D eigenvalue weighted by Gasteiger charge is 2.35. The molecule has 5 rings (SSSR count). The van der Waals surface area contributed by atoms with E-state index in [1.165, 1.54) is 22.5 Å². The Morgan fingerprint density at radius 1 is 1.00 bits per heavy atom. The van der Waals surface area contributed by atoms with Crippen molar-refractivity contribution in [3.63, 3.8) is 0 Å². The van der Waals surface area contributed by atoms with Crippen molar-refractivity contribution in [2.45, 2.75) is 55.0 Å². The van der Waals surface area contributed by atoms with Gasteiger partial charge in [0, 0.05) is 69.3 Å². The van der Waals surface area contributed by atoms with Gasteiger partial charge in [-0.25, -0.2) is 21.6 Å². The summed E-state index contributed by atoms with van der Waals surface area (Å²) in [5.74, 6) is -3.76. The monoisotopic (exact) mass is 607 g/mol. The van der Waals surface area contributed by atoms with Crippen molar-refractivity contribution in [3.05, 3.63) is 64.5 Å². The number of halogens is 3. The van der Waals surface area contributed by atoms with Gasteiger partial charge in [0.1, 0.15) is 10.7 Å². The maximum Gasteiger partial charge on any atom is 0.251 e. The van der Waals surface area contributed by atoms with E-state index < -0.39 is 44.3 Å². The minimum Gasteiger partial charge on any atom is -0.350 e. The summed E-state index contributed by atoms with van der Waals surface area (Å²) in [5.41, 5.74) is 7.76. The van der Waals surface area contributed by atoms with Gasteiger partial charge in [0.2, 0.25) is 15.9 Å². The largest absolute Gasteiger partial charge is 0.350 e. The lowest BCUT2D eigenvalue weighted by Gasteiger charge is -2.31. The van der Waals surface area contributed by atoms with Crippen molar-refractivity contribution in [1.29, 1.82) is 0 Å². The van der Waals surface area contributed by atoms with Crippen LogP contribution in [0.4, 0.5) is 13.2 Å². The second-order valence-electron chi connectivity index (χ2n) is 11.4. The highest BCUT2D eigenvalue weighted by atomic mass is 32.2. The Balaban J connectivity index is 1.20. The lowest BCUT2D eigenvalue weighted by molar-refractivity contribution is -0.132. The van der Waals surface area contributed by atoms with E-state index in [1.807, 2.05) is 11.9 Å². The number of rotatable bonds is 8. The first-order valence-corrected chi connectivity index (χ1v) is 15.7. The first-order chi connectivity index (χ1) is 20.0. The maximum atomic E-state index is 14.6. The maximum absolute atomic E-state index is 14.6. The van der Waals surface area contributed by atoms with Crippen LogP contribution in [0.5, 0.6) is 0 Å². The molecule has 3 unspecified atom stereocenters. The number of aryl methyl sites for hydroxylation is 1. The Labute approximate surface area is 243 Å². The van der Waals surface area contributed by atoms with E-state index in [2.05, 4.69) is 5.32 Å². The van der Waals surface area contributed by atoms with Crippen LogP contribution in [0.25, 0.3) is 0 Å². The third-order valence-corrected chi connectivity index (χ3v) is 10.6. The van der Waals surface area contributed by atoms with Crippen molar-refractivity contribution >= 4 is 21.8 Å². The first kappa shape index (κ1) is 30.5. The van der Waals surface area contributed by atoms with Gasteiger partial charge in [-0.2, -0.15) is 4.31 Å². The standard InChI is InChI=1S/C29H36F3N5O4S/c1-35-9-11-36(12-10-35)42(40,41)27-14-19(5-7-23(27)30)29(39)34-17-20-3-2-8-37(20)28(38)16-26(33)21-6-4-18-13-24(31)25(32)15-22(18)21/h5,7,13-15,20-21,26H,2-4,6,8-12,16-17,33H2,1H3,(H,34,39). The molecule has 0 bridgehead atoms. The van der Waals surface area contributed by atoms with Crippen molar-refractivity contribution in [2.75, 3.05) is 46.3 Å². The highest BCUT2D eigenvalue weighted by Crippen LogP contribution is 2.37. The fraction of sp³-hybridized carbons (Fsp3) is 0.517. The number of nitrogens with one attached hydrogen (secondary N) is 1. The van der Waals surface area contributed by atoms with Crippen molar-refractivity contribution < 1.29 is 31.2 Å². The fourth-order valence-corrected chi connectivity index (χ4v) is 7.75. The summed E-state index contributed by atoms with van der Waals surface area (Å²) in [6, 6.07) is 4.79. The lowest BCUT2D eigenvalue weighted by atomic mass is 9.91. The molecule has 228 valence electrons. The van der Waals surface area contributed by atoms with E-state index in [-0.39, 0.29) is 49.5 Å². The number of carbonyl (C=O) groups excluding carboxylic acids is 2. The van der Waals surface area contributed by atoms with Crippen LogP contribution in [0.1, 0.15) is 53.1 Å². The smallest absolute Gasteiger partial charge is 0.251 e. The Bertz CT molecular complexity index is 1470. The van der Waals surface area contributed by atoms with Crippen LogP contribution in [0, 0.1) is 17.5 Å². The van der Waals surface area contributed by atoms with Gasteiger partial charge in [-0.3, -0.25) is 9.59 Å². The molecule has 9 nitrogen and oxygen atoms in total. The summed E-state index contributed by atoms with van der Waals surface area (Å²) < 4.78 is 69.6. The van der Waals surface area contributed by atoms with Crippen LogP contribution in [-0.2, 0) is 21.2 Å². The van der Waals surface area contributed by atoms with Gasteiger partial charge in [0.05, 0.1) is 0 Å². The average Bonchev–Trinajstić information content (AvgIpc) is 3.59. The van der Waals surface area contributed by atoms with E-state index in [0.29, 0.717) is 50.0 Å². The lowest BCUT2D eigenvalue weighted by Crippen LogP contribution is -2.47. The van der Waals surface area contributed by atoms with E-state index in [9.17, 15) is 31.2 Å². The number of sulfonamides is 1. The molecule has 2 aromatic rings. The molecule has 13 heteroatoms. The number of hydrogen-bond donors (Lipinski definition) is 2. The number of piperazine rings is 1. The third kappa shape index (κ3) is 6.19. The van der Waals surface area contributed by atoms with E-state index >= 15 is 0 Å². The van der Waals surface area contributed by atoms with Gasteiger partial charge < -0.3 is 20.9 Å². The summed E-state index contributed by atoms with van der Waals surface area (Å²) in [5, 5.41) is 2.76. The molecule has 0 saturated carbocycles. The predicted octanol–water partition coefficient (Wildman–Crippen LogP) is 2.21. The molecule has 3 N–H and O–H groups in total. The number of fused-ring (bicyclic) bond motifs is 1. The van der Waals surface area contributed by atoms with Gasteiger partial charge in [0.25, 0.3) is 5.91 Å². The summed E-state index contributed by atoms with van der Waals surface area (Å²) >= 11 is 0. The normalized spacial score (nSPS) is 22.3. The quantitative estimate of drug-likeness (QED) is 0.476. The Morgan fingerprint density at radius 3 is 2.45 bits per heavy atom. The SMILES string of the molecule is CN1CCN(S(=O)(=O)c2cc(C(=O)NCC3CCCN3C(=O)CC(N)C3CCc4cc(F)c(F)cc43)ccc2F)CC1. The molecule has 0 aromatic heterocycles. The Hall–Kier alpha value is -3.00. The van der Waals surface area contributed by atoms with Crippen molar-refractivity contribution in [1.82, 2.24) is 19.4 Å². The molecule has 2 saturated heterocycles. The number of likely N-dealkylation sites (N-methyl/N-ethyl adjacent to an activating group) is 1. The zero-order valence-electron chi connectivity index (χ0n) is 23.5. The minimum atomic E-state index is -4.12. The number of carbonyl (C=O) groups is 2. The van der Waals surface area contributed by atoms with Crippen LogP contribution in [0.2, 0.25) is 0 Å². The van der Waals surface area contributed by atoms with Crippen molar-refractivity contribution in [2.24, 2.45) is 5.73 Å². The molecular formula is C29H36F3N5O4S. The highest BCUT2D eigenvalue weighted by molar-refractivity contribution is 7.89.